The Labute approximate surface area is 155 Å². The maximum atomic E-state index is 13.8. The summed E-state index contributed by atoms with van der Waals surface area (Å²) >= 11 is 0. The molecular weight excluding hydrogens is 356 g/mol. The van der Waals surface area contributed by atoms with Crippen molar-refractivity contribution in [3.05, 3.63) is 53.7 Å². The van der Waals surface area contributed by atoms with Crippen LogP contribution in [-0.4, -0.2) is 34.3 Å². The lowest BCUT2D eigenvalue weighted by Gasteiger charge is -2.22. The Bertz CT molecular complexity index is 860. The van der Waals surface area contributed by atoms with Crippen LogP contribution < -0.4 is 10.1 Å². The molecule has 2 heterocycles. The number of hydrogen-bond donors (Lipinski definition) is 1. The van der Waals surface area contributed by atoms with Gasteiger partial charge in [0.1, 0.15) is 11.9 Å². The molecule has 1 N–H and O–H groups in total. The first-order chi connectivity index (χ1) is 13.0. The third-order valence-corrected chi connectivity index (χ3v) is 4.36. The summed E-state index contributed by atoms with van der Waals surface area (Å²) in [6, 6.07) is 5.83. The van der Waals surface area contributed by atoms with Crippen molar-refractivity contribution in [1.82, 2.24) is 15.2 Å². The third kappa shape index (κ3) is 4.39. The first kappa shape index (κ1) is 18.8. The standard InChI is InChI=1S/C19H19F2N3O3/c1-12(25)24-9-3-5-16(24)18(26)23-11-13-4-2-8-22-19(13)27-17-7-6-14(20)10-15(17)21/h2,4,6-8,10,16H,3,5,9,11H2,1H3,(H,23,26)/t16-/m0/s1. The van der Waals surface area contributed by atoms with Crippen LogP contribution in [0.15, 0.2) is 36.5 Å². The molecule has 8 heteroatoms. The number of nitrogens with one attached hydrogen (secondary N) is 1. The number of benzene rings is 1. The molecule has 2 aromatic rings. The van der Waals surface area contributed by atoms with Crippen molar-refractivity contribution in [2.75, 3.05) is 6.54 Å². The number of pyridine rings is 1. The molecule has 27 heavy (non-hydrogen) atoms. The molecule has 1 aromatic heterocycles. The number of likely N-dealkylation sites (tertiary alicyclic amines) is 1. The number of aromatic nitrogens is 1. The molecule has 0 bridgehead atoms. The molecule has 1 aliphatic rings. The predicted molar refractivity (Wildman–Crippen MR) is 92.9 cm³/mol. The van der Waals surface area contributed by atoms with E-state index in [0.717, 1.165) is 18.6 Å². The van der Waals surface area contributed by atoms with Gasteiger partial charge in [-0.05, 0) is 31.0 Å². The van der Waals surface area contributed by atoms with Crippen molar-refractivity contribution in [2.45, 2.75) is 32.4 Å². The van der Waals surface area contributed by atoms with Crippen molar-refractivity contribution in [3.8, 4) is 11.6 Å². The van der Waals surface area contributed by atoms with Crippen LogP contribution in [-0.2, 0) is 16.1 Å². The molecule has 0 unspecified atom stereocenters. The number of halogens is 2. The summed E-state index contributed by atoms with van der Waals surface area (Å²) in [6.07, 6.45) is 2.86. The normalized spacial score (nSPS) is 16.3. The van der Waals surface area contributed by atoms with Crippen molar-refractivity contribution < 1.29 is 23.1 Å². The van der Waals surface area contributed by atoms with E-state index < -0.39 is 17.7 Å². The summed E-state index contributed by atoms with van der Waals surface area (Å²) in [6.45, 7) is 2.11. The van der Waals surface area contributed by atoms with Crippen molar-refractivity contribution >= 4 is 11.8 Å². The van der Waals surface area contributed by atoms with Crippen LogP contribution >= 0.6 is 0 Å². The molecule has 0 aliphatic carbocycles. The van der Waals surface area contributed by atoms with Crippen LogP contribution in [0.25, 0.3) is 0 Å². The lowest BCUT2D eigenvalue weighted by atomic mass is 10.2. The maximum Gasteiger partial charge on any atom is 0.243 e. The predicted octanol–water partition coefficient (Wildman–Crippen LogP) is 2.78. The van der Waals surface area contributed by atoms with Gasteiger partial charge in [0, 0.05) is 37.8 Å². The van der Waals surface area contributed by atoms with E-state index >= 15 is 0 Å². The molecule has 0 saturated carbocycles. The van der Waals surface area contributed by atoms with Crippen LogP contribution in [0, 0.1) is 11.6 Å². The molecular formula is C19H19F2N3O3. The molecule has 6 nitrogen and oxygen atoms in total. The van der Waals surface area contributed by atoms with E-state index in [4.69, 9.17) is 4.74 Å². The Kier molecular flexibility index (Phi) is 5.63. The van der Waals surface area contributed by atoms with Gasteiger partial charge >= 0.3 is 0 Å². The van der Waals surface area contributed by atoms with Gasteiger partial charge in [0.05, 0.1) is 0 Å². The molecule has 0 spiro atoms. The average molecular weight is 375 g/mol. The van der Waals surface area contributed by atoms with E-state index in [1.165, 1.54) is 19.2 Å². The fourth-order valence-corrected chi connectivity index (χ4v) is 3.03. The van der Waals surface area contributed by atoms with Gasteiger partial charge in [-0.15, -0.1) is 0 Å². The fourth-order valence-electron chi connectivity index (χ4n) is 3.03. The molecule has 142 valence electrons. The molecule has 1 saturated heterocycles. The van der Waals surface area contributed by atoms with Crippen molar-refractivity contribution in [1.29, 1.82) is 0 Å². The van der Waals surface area contributed by atoms with Crippen LogP contribution in [0.4, 0.5) is 8.78 Å². The zero-order valence-corrected chi connectivity index (χ0v) is 14.7. The van der Waals surface area contributed by atoms with Gasteiger partial charge < -0.3 is 15.0 Å². The topological polar surface area (TPSA) is 71.5 Å². The Hall–Kier alpha value is -3.03. The largest absolute Gasteiger partial charge is 0.436 e. The van der Waals surface area contributed by atoms with Crippen LogP contribution in [0.3, 0.4) is 0 Å². The fraction of sp³-hybridized carbons (Fsp3) is 0.316. The van der Waals surface area contributed by atoms with Gasteiger partial charge in [0.15, 0.2) is 11.6 Å². The number of hydrogen-bond acceptors (Lipinski definition) is 4. The quantitative estimate of drug-likeness (QED) is 0.872. The molecule has 1 aliphatic heterocycles. The minimum Gasteiger partial charge on any atom is -0.436 e. The van der Waals surface area contributed by atoms with E-state index in [0.29, 0.717) is 18.5 Å². The van der Waals surface area contributed by atoms with Gasteiger partial charge in [-0.25, -0.2) is 13.8 Å². The highest BCUT2D eigenvalue weighted by Gasteiger charge is 2.32. The number of rotatable bonds is 5. The Balaban J connectivity index is 1.69. The second-order valence-electron chi connectivity index (χ2n) is 6.23. The van der Waals surface area contributed by atoms with E-state index in [1.807, 2.05) is 0 Å². The Morgan fingerprint density at radius 1 is 1.33 bits per heavy atom. The smallest absolute Gasteiger partial charge is 0.243 e. The number of carbonyl (C=O) groups is 2. The van der Waals surface area contributed by atoms with Gasteiger partial charge in [-0.2, -0.15) is 0 Å². The summed E-state index contributed by atoms with van der Waals surface area (Å²) < 4.78 is 32.3. The summed E-state index contributed by atoms with van der Waals surface area (Å²) in [4.78, 5) is 29.6. The summed E-state index contributed by atoms with van der Waals surface area (Å²) in [7, 11) is 0. The Morgan fingerprint density at radius 2 is 2.15 bits per heavy atom. The average Bonchev–Trinajstić information content (AvgIpc) is 3.13. The zero-order chi connectivity index (χ0) is 19.4. The molecule has 1 fully saturated rings. The van der Waals surface area contributed by atoms with Gasteiger partial charge in [-0.3, -0.25) is 9.59 Å². The molecule has 1 aromatic carbocycles. The highest BCUT2D eigenvalue weighted by atomic mass is 19.1. The zero-order valence-electron chi connectivity index (χ0n) is 14.7. The van der Waals surface area contributed by atoms with Gasteiger partial charge in [-0.1, -0.05) is 6.07 Å². The molecule has 0 radical (unpaired) electrons. The molecule has 3 rings (SSSR count). The minimum absolute atomic E-state index is 0.104. The number of amides is 2. The van der Waals surface area contributed by atoms with Crippen molar-refractivity contribution in [2.24, 2.45) is 0 Å². The Morgan fingerprint density at radius 3 is 2.89 bits per heavy atom. The van der Waals surface area contributed by atoms with Crippen LogP contribution in [0.5, 0.6) is 11.6 Å². The van der Waals surface area contributed by atoms with E-state index in [-0.39, 0.29) is 30.0 Å². The monoisotopic (exact) mass is 375 g/mol. The third-order valence-electron chi connectivity index (χ3n) is 4.36. The summed E-state index contributed by atoms with van der Waals surface area (Å²) in [5, 5.41) is 2.77. The van der Waals surface area contributed by atoms with Crippen LogP contribution in [0.2, 0.25) is 0 Å². The van der Waals surface area contributed by atoms with E-state index in [2.05, 4.69) is 10.3 Å². The maximum absolute atomic E-state index is 13.8. The lowest BCUT2D eigenvalue weighted by Crippen LogP contribution is -2.44. The number of carbonyl (C=O) groups excluding carboxylic acids is 2. The van der Waals surface area contributed by atoms with Gasteiger partial charge in [0.25, 0.3) is 0 Å². The first-order valence-corrected chi connectivity index (χ1v) is 8.57. The SMILES string of the molecule is CC(=O)N1CCC[C@H]1C(=O)NCc1cccnc1Oc1ccc(F)cc1F. The molecule has 1 atom stereocenters. The van der Waals surface area contributed by atoms with Gasteiger partial charge in [0.2, 0.25) is 17.7 Å². The highest BCUT2D eigenvalue weighted by molar-refractivity contribution is 5.87. The van der Waals surface area contributed by atoms with E-state index in [1.54, 1.807) is 17.0 Å². The number of nitrogens with zero attached hydrogens (tertiary/aromatic N) is 2. The van der Waals surface area contributed by atoms with Crippen LogP contribution in [0.1, 0.15) is 25.3 Å². The first-order valence-electron chi connectivity index (χ1n) is 8.57. The molecule has 2 amide bonds. The summed E-state index contributed by atoms with van der Waals surface area (Å²) in [5.74, 6) is -2.01. The second kappa shape index (κ2) is 8.11. The summed E-state index contributed by atoms with van der Waals surface area (Å²) in [5.41, 5.74) is 0.530. The van der Waals surface area contributed by atoms with E-state index in [9.17, 15) is 18.4 Å². The number of ether oxygens (including phenoxy) is 1. The highest BCUT2D eigenvalue weighted by Crippen LogP contribution is 2.26. The lowest BCUT2D eigenvalue weighted by molar-refractivity contribution is -0.136. The minimum atomic E-state index is -0.848. The second-order valence-corrected chi connectivity index (χ2v) is 6.23. The van der Waals surface area contributed by atoms with Crippen molar-refractivity contribution in [3.63, 3.8) is 0 Å².